The summed E-state index contributed by atoms with van der Waals surface area (Å²) in [6, 6.07) is 0. The molecule has 58 valence electrons. The first-order valence-corrected chi connectivity index (χ1v) is 2.99. The molecule has 0 spiro atoms. The summed E-state index contributed by atoms with van der Waals surface area (Å²) in [6.07, 6.45) is 0. The monoisotopic (exact) mass is 145 g/mol. The van der Waals surface area contributed by atoms with Gasteiger partial charge >= 0.3 is 5.97 Å². The molecular weight excluding hydrogens is 134 g/mol. The number of aliphatic carboxylic acids is 1. The fraction of sp³-hybridized carbons (Fsp3) is 0.667. The smallest absolute Gasteiger partial charge is 0.316 e. The first-order chi connectivity index (χ1) is 4.46. The summed E-state index contributed by atoms with van der Waals surface area (Å²) in [4.78, 5) is 20.7. The fourth-order valence-corrected chi connectivity index (χ4v) is 0.735. The number of carbonyl (C=O) groups is 2. The van der Waals surface area contributed by atoms with E-state index in [4.69, 9.17) is 10.8 Å². The number of carbonyl (C=O) groups excluding carboxylic acids is 1. The fourth-order valence-electron chi connectivity index (χ4n) is 0.735. The Bertz CT molecular complexity index is 139. The average molecular weight is 145 g/mol. The van der Waals surface area contributed by atoms with Gasteiger partial charge in [-0.05, 0) is 5.92 Å². The highest BCUT2D eigenvalue weighted by molar-refractivity contribution is 5.96. The minimum absolute atomic E-state index is 0.241. The first kappa shape index (κ1) is 8.94. The minimum atomic E-state index is -1.15. The van der Waals surface area contributed by atoms with Crippen LogP contribution in [0.1, 0.15) is 13.8 Å². The third kappa shape index (κ3) is 2.05. The van der Waals surface area contributed by atoms with Crippen molar-refractivity contribution in [2.24, 2.45) is 17.6 Å². The van der Waals surface area contributed by atoms with E-state index in [0.29, 0.717) is 0 Å². The van der Waals surface area contributed by atoms with Gasteiger partial charge in [0.05, 0.1) is 0 Å². The SMILES string of the molecule is CC(C)[C@H](C(N)=O)C(=O)O. The van der Waals surface area contributed by atoms with E-state index in [-0.39, 0.29) is 5.92 Å². The quantitative estimate of drug-likeness (QED) is 0.541. The Kier molecular flexibility index (Phi) is 2.86. The van der Waals surface area contributed by atoms with Crippen LogP contribution in [0.5, 0.6) is 0 Å². The lowest BCUT2D eigenvalue weighted by atomic mass is 9.96. The van der Waals surface area contributed by atoms with E-state index in [1.165, 1.54) is 0 Å². The predicted octanol–water partition coefficient (Wildman–Crippen LogP) is -0.171. The average Bonchev–Trinajstić information content (AvgIpc) is 1.59. The van der Waals surface area contributed by atoms with Gasteiger partial charge in [0.15, 0.2) is 0 Å². The van der Waals surface area contributed by atoms with Gasteiger partial charge in [-0.1, -0.05) is 13.8 Å². The van der Waals surface area contributed by atoms with E-state index in [9.17, 15) is 9.59 Å². The van der Waals surface area contributed by atoms with Gasteiger partial charge in [-0.3, -0.25) is 9.59 Å². The van der Waals surface area contributed by atoms with E-state index in [1.807, 2.05) is 0 Å². The zero-order chi connectivity index (χ0) is 8.31. The molecule has 4 heteroatoms. The number of hydrogen-bond donors (Lipinski definition) is 2. The molecule has 0 unspecified atom stereocenters. The molecule has 0 aromatic rings. The van der Waals surface area contributed by atoms with Crippen molar-refractivity contribution in [3.63, 3.8) is 0 Å². The molecular formula is C6H11NO3. The van der Waals surface area contributed by atoms with E-state index in [0.717, 1.165) is 0 Å². The summed E-state index contributed by atoms with van der Waals surface area (Å²) in [5, 5.41) is 8.41. The van der Waals surface area contributed by atoms with Gasteiger partial charge < -0.3 is 10.8 Å². The molecule has 0 saturated carbocycles. The normalized spacial score (nSPS) is 13.1. The summed E-state index contributed by atoms with van der Waals surface area (Å²) in [5.41, 5.74) is 4.82. The van der Waals surface area contributed by atoms with Gasteiger partial charge in [0, 0.05) is 0 Å². The minimum Gasteiger partial charge on any atom is -0.481 e. The van der Waals surface area contributed by atoms with Crippen LogP contribution < -0.4 is 5.73 Å². The summed E-state index contributed by atoms with van der Waals surface area (Å²) in [6.45, 7) is 3.28. The van der Waals surface area contributed by atoms with Crippen molar-refractivity contribution in [2.45, 2.75) is 13.8 Å². The highest BCUT2D eigenvalue weighted by Crippen LogP contribution is 2.09. The first-order valence-electron chi connectivity index (χ1n) is 2.99. The third-order valence-corrected chi connectivity index (χ3v) is 1.24. The van der Waals surface area contributed by atoms with Crippen LogP contribution in [0.15, 0.2) is 0 Å². The van der Waals surface area contributed by atoms with Crippen LogP contribution in [0.2, 0.25) is 0 Å². The second-order valence-corrected chi connectivity index (χ2v) is 2.46. The van der Waals surface area contributed by atoms with E-state index in [1.54, 1.807) is 13.8 Å². The van der Waals surface area contributed by atoms with Crippen LogP contribution in [-0.2, 0) is 9.59 Å². The number of amides is 1. The summed E-state index contributed by atoms with van der Waals surface area (Å²) in [5.74, 6) is -3.22. The number of primary amides is 1. The zero-order valence-corrected chi connectivity index (χ0v) is 6.00. The molecule has 3 N–H and O–H groups in total. The Morgan fingerprint density at radius 2 is 1.80 bits per heavy atom. The summed E-state index contributed by atoms with van der Waals surface area (Å²) in [7, 11) is 0. The van der Waals surface area contributed by atoms with Crippen molar-refractivity contribution in [1.82, 2.24) is 0 Å². The second kappa shape index (κ2) is 3.20. The topological polar surface area (TPSA) is 80.4 Å². The Labute approximate surface area is 59.0 Å². The maximum atomic E-state index is 10.4. The Morgan fingerprint density at radius 3 is 1.80 bits per heavy atom. The maximum Gasteiger partial charge on any atom is 0.316 e. The number of hydrogen-bond acceptors (Lipinski definition) is 2. The largest absolute Gasteiger partial charge is 0.481 e. The standard InChI is InChI=1S/C6H11NO3/c1-3(2)4(5(7)8)6(9)10/h3-4H,1-2H3,(H2,7,8)(H,9,10)/t4-/m1/s1. The van der Waals surface area contributed by atoms with Gasteiger partial charge in [0.25, 0.3) is 0 Å². The van der Waals surface area contributed by atoms with Crippen LogP contribution in [0.4, 0.5) is 0 Å². The molecule has 0 aliphatic rings. The molecule has 1 amide bonds. The Morgan fingerprint density at radius 1 is 1.40 bits per heavy atom. The lowest BCUT2D eigenvalue weighted by Crippen LogP contribution is -2.33. The summed E-state index contributed by atoms with van der Waals surface area (Å²) < 4.78 is 0. The molecule has 0 radical (unpaired) electrons. The number of carboxylic acids is 1. The Hall–Kier alpha value is -1.06. The molecule has 4 nitrogen and oxygen atoms in total. The van der Waals surface area contributed by atoms with Gasteiger partial charge in [-0.15, -0.1) is 0 Å². The van der Waals surface area contributed by atoms with E-state index in [2.05, 4.69) is 0 Å². The van der Waals surface area contributed by atoms with Gasteiger partial charge in [0.1, 0.15) is 5.92 Å². The van der Waals surface area contributed by atoms with Crippen LogP contribution in [-0.4, -0.2) is 17.0 Å². The molecule has 0 aromatic carbocycles. The molecule has 0 fully saturated rings. The highest BCUT2D eigenvalue weighted by atomic mass is 16.4. The van der Waals surface area contributed by atoms with Crippen molar-refractivity contribution in [3.8, 4) is 0 Å². The molecule has 0 saturated heterocycles. The molecule has 0 aromatic heterocycles. The van der Waals surface area contributed by atoms with Crippen LogP contribution in [0.3, 0.4) is 0 Å². The second-order valence-electron chi connectivity index (χ2n) is 2.46. The van der Waals surface area contributed by atoms with E-state index < -0.39 is 17.8 Å². The maximum absolute atomic E-state index is 10.4. The van der Waals surface area contributed by atoms with Crippen molar-refractivity contribution < 1.29 is 14.7 Å². The molecule has 0 aliphatic heterocycles. The van der Waals surface area contributed by atoms with Crippen molar-refractivity contribution >= 4 is 11.9 Å². The van der Waals surface area contributed by atoms with E-state index >= 15 is 0 Å². The molecule has 0 heterocycles. The Balaban J connectivity index is 4.27. The van der Waals surface area contributed by atoms with Gasteiger partial charge in [-0.25, -0.2) is 0 Å². The van der Waals surface area contributed by atoms with Crippen molar-refractivity contribution in [1.29, 1.82) is 0 Å². The molecule has 0 aliphatic carbocycles. The van der Waals surface area contributed by atoms with Crippen LogP contribution >= 0.6 is 0 Å². The highest BCUT2D eigenvalue weighted by Gasteiger charge is 2.26. The van der Waals surface area contributed by atoms with Gasteiger partial charge in [0.2, 0.25) is 5.91 Å². The third-order valence-electron chi connectivity index (χ3n) is 1.24. The number of nitrogens with two attached hydrogens (primary N) is 1. The molecule has 10 heavy (non-hydrogen) atoms. The zero-order valence-electron chi connectivity index (χ0n) is 6.00. The summed E-state index contributed by atoms with van der Waals surface area (Å²) >= 11 is 0. The number of carboxylic acid groups (broad SMARTS) is 1. The number of rotatable bonds is 3. The van der Waals surface area contributed by atoms with Crippen LogP contribution in [0.25, 0.3) is 0 Å². The van der Waals surface area contributed by atoms with Crippen molar-refractivity contribution in [2.75, 3.05) is 0 Å². The van der Waals surface area contributed by atoms with Crippen LogP contribution in [0, 0.1) is 11.8 Å². The predicted molar refractivity (Wildman–Crippen MR) is 35.2 cm³/mol. The molecule has 1 atom stereocenters. The van der Waals surface area contributed by atoms with Crippen molar-refractivity contribution in [3.05, 3.63) is 0 Å². The lowest BCUT2D eigenvalue weighted by Gasteiger charge is -2.10. The van der Waals surface area contributed by atoms with Gasteiger partial charge in [-0.2, -0.15) is 0 Å². The molecule has 0 rings (SSSR count). The lowest BCUT2D eigenvalue weighted by molar-refractivity contribution is -0.147. The molecule has 0 bridgehead atoms.